The maximum absolute atomic E-state index is 11.7. The van der Waals surface area contributed by atoms with Crippen LogP contribution in [0, 0.1) is 13.8 Å². The molecule has 5 heteroatoms. The zero-order valence-corrected chi connectivity index (χ0v) is 9.52. The first kappa shape index (κ1) is 10.6. The van der Waals surface area contributed by atoms with Crippen LogP contribution in [0.2, 0.25) is 0 Å². The van der Waals surface area contributed by atoms with Gasteiger partial charge < -0.3 is 4.74 Å². The van der Waals surface area contributed by atoms with Crippen LogP contribution >= 0.6 is 0 Å². The Bertz CT molecular complexity index is 545. The quantitative estimate of drug-likeness (QED) is 0.718. The van der Waals surface area contributed by atoms with E-state index in [0.29, 0.717) is 23.8 Å². The molecule has 2 aromatic heterocycles. The molecule has 0 N–H and O–H groups in total. The molecule has 0 atom stereocenters. The van der Waals surface area contributed by atoms with Gasteiger partial charge in [-0.15, -0.1) is 0 Å². The van der Waals surface area contributed by atoms with E-state index in [1.165, 1.54) is 0 Å². The SMILES string of the molecule is CCOC(=O)c1c(C)nc2ncc(C)cn12. The Morgan fingerprint density at radius 2 is 2.25 bits per heavy atom. The number of hydrogen-bond donors (Lipinski definition) is 0. The predicted molar refractivity (Wildman–Crippen MR) is 58.4 cm³/mol. The van der Waals surface area contributed by atoms with Crippen molar-refractivity contribution >= 4 is 11.7 Å². The fourth-order valence-corrected chi connectivity index (χ4v) is 1.59. The number of hydrogen-bond acceptors (Lipinski definition) is 4. The second-order valence-electron chi connectivity index (χ2n) is 3.57. The Balaban J connectivity index is 2.62. The molecule has 0 aliphatic carbocycles. The van der Waals surface area contributed by atoms with E-state index in [-0.39, 0.29) is 5.97 Å². The Kier molecular flexibility index (Phi) is 2.60. The first-order valence-corrected chi connectivity index (χ1v) is 5.12. The van der Waals surface area contributed by atoms with Gasteiger partial charge in [-0.3, -0.25) is 4.40 Å². The van der Waals surface area contributed by atoms with Gasteiger partial charge in [0.1, 0.15) is 0 Å². The summed E-state index contributed by atoms with van der Waals surface area (Å²) in [5, 5.41) is 0. The molecule has 16 heavy (non-hydrogen) atoms. The highest BCUT2D eigenvalue weighted by molar-refractivity contribution is 5.89. The van der Waals surface area contributed by atoms with E-state index in [2.05, 4.69) is 9.97 Å². The average molecular weight is 219 g/mol. The van der Waals surface area contributed by atoms with Gasteiger partial charge in [0.15, 0.2) is 5.69 Å². The van der Waals surface area contributed by atoms with E-state index in [1.54, 1.807) is 24.4 Å². The Labute approximate surface area is 93.1 Å². The van der Waals surface area contributed by atoms with Crippen molar-refractivity contribution in [2.75, 3.05) is 6.61 Å². The van der Waals surface area contributed by atoms with Crippen LogP contribution in [0.4, 0.5) is 0 Å². The Hall–Kier alpha value is -1.91. The molecular formula is C11H13N3O2. The fourth-order valence-electron chi connectivity index (χ4n) is 1.59. The third kappa shape index (κ3) is 1.64. The average Bonchev–Trinajstić information content (AvgIpc) is 2.53. The van der Waals surface area contributed by atoms with E-state index >= 15 is 0 Å². The largest absolute Gasteiger partial charge is 0.461 e. The summed E-state index contributed by atoms with van der Waals surface area (Å²) in [7, 11) is 0. The van der Waals surface area contributed by atoms with Gasteiger partial charge in [0.2, 0.25) is 5.78 Å². The van der Waals surface area contributed by atoms with Crippen molar-refractivity contribution in [3.8, 4) is 0 Å². The molecule has 84 valence electrons. The van der Waals surface area contributed by atoms with Crippen LogP contribution in [0.3, 0.4) is 0 Å². The number of carbonyl (C=O) groups is 1. The lowest BCUT2D eigenvalue weighted by Crippen LogP contribution is -2.09. The summed E-state index contributed by atoms with van der Waals surface area (Å²) in [6.45, 7) is 5.82. The molecule has 0 saturated heterocycles. The van der Waals surface area contributed by atoms with Crippen molar-refractivity contribution in [2.45, 2.75) is 20.8 Å². The maximum atomic E-state index is 11.7. The standard InChI is InChI=1S/C11H13N3O2/c1-4-16-10(15)9-8(3)13-11-12-5-7(2)6-14(9)11/h5-6H,4H2,1-3H3. The number of aromatic nitrogens is 3. The van der Waals surface area contributed by atoms with Crippen molar-refractivity contribution in [2.24, 2.45) is 0 Å². The molecular weight excluding hydrogens is 206 g/mol. The number of carbonyl (C=O) groups excluding carboxylic acids is 1. The van der Waals surface area contributed by atoms with Crippen LogP contribution in [0.15, 0.2) is 12.4 Å². The minimum Gasteiger partial charge on any atom is -0.461 e. The number of ether oxygens (including phenoxy) is 1. The number of imidazole rings is 1. The van der Waals surface area contributed by atoms with Crippen molar-refractivity contribution in [3.05, 3.63) is 29.3 Å². The highest BCUT2D eigenvalue weighted by Crippen LogP contribution is 2.12. The molecule has 5 nitrogen and oxygen atoms in total. The van der Waals surface area contributed by atoms with Crippen molar-refractivity contribution in [1.29, 1.82) is 0 Å². The first-order chi connectivity index (χ1) is 7.63. The molecule has 2 rings (SSSR count). The van der Waals surface area contributed by atoms with Crippen molar-refractivity contribution in [3.63, 3.8) is 0 Å². The minimum atomic E-state index is -0.361. The highest BCUT2D eigenvalue weighted by Gasteiger charge is 2.17. The zero-order valence-electron chi connectivity index (χ0n) is 9.52. The maximum Gasteiger partial charge on any atom is 0.357 e. The lowest BCUT2D eigenvalue weighted by molar-refractivity contribution is 0.0517. The predicted octanol–water partition coefficient (Wildman–Crippen LogP) is 1.52. The fraction of sp³-hybridized carbons (Fsp3) is 0.364. The van der Waals surface area contributed by atoms with Crippen molar-refractivity contribution in [1.82, 2.24) is 14.4 Å². The molecule has 0 saturated carbocycles. The number of nitrogens with zero attached hydrogens (tertiary/aromatic N) is 3. The van der Waals surface area contributed by atoms with Crippen LogP contribution in [-0.4, -0.2) is 26.9 Å². The Morgan fingerprint density at radius 3 is 2.94 bits per heavy atom. The molecule has 0 fully saturated rings. The second-order valence-corrected chi connectivity index (χ2v) is 3.57. The first-order valence-electron chi connectivity index (χ1n) is 5.12. The molecule has 0 bridgehead atoms. The van der Waals surface area contributed by atoms with Gasteiger partial charge in [-0.25, -0.2) is 14.8 Å². The third-order valence-corrected chi connectivity index (χ3v) is 2.25. The van der Waals surface area contributed by atoms with E-state index in [4.69, 9.17) is 4.74 Å². The van der Waals surface area contributed by atoms with Gasteiger partial charge in [-0.2, -0.15) is 0 Å². The molecule has 0 aromatic carbocycles. The van der Waals surface area contributed by atoms with Gasteiger partial charge in [0, 0.05) is 12.4 Å². The molecule has 2 heterocycles. The minimum absolute atomic E-state index is 0.352. The zero-order chi connectivity index (χ0) is 11.7. The Morgan fingerprint density at radius 1 is 1.50 bits per heavy atom. The molecule has 0 radical (unpaired) electrons. The lowest BCUT2D eigenvalue weighted by atomic mass is 10.3. The van der Waals surface area contributed by atoms with Crippen molar-refractivity contribution < 1.29 is 9.53 Å². The second kappa shape index (κ2) is 3.92. The molecule has 2 aromatic rings. The smallest absolute Gasteiger partial charge is 0.357 e. The van der Waals surface area contributed by atoms with E-state index in [9.17, 15) is 4.79 Å². The molecule has 0 aliphatic heterocycles. The van der Waals surface area contributed by atoms with Gasteiger partial charge >= 0.3 is 5.97 Å². The summed E-state index contributed by atoms with van der Waals surface area (Å²) in [6, 6.07) is 0. The summed E-state index contributed by atoms with van der Waals surface area (Å²) in [6.07, 6.45) is 3.55. The van der Waals surface area contributed by atoms with Gasteiger partial charge in [0.05, 0.1) is 12.3 Å². The number of rotatable bonds is 2. The number of aryl methyl sites for hydroxylation is 2. The number of esters is 1. The molecule has 0 unspecified atom stereocenters. The van der Waals surface area contributed by atoms with E-state index < -0.39 is 0 Å². The lowest BCUT2D eigenvalue weighted by Gasteiger charge is -2.02. The number of fused-ring (bicyclic) bond motifs is 1. The van der Waals surface area contributed by atoms with Crippen LogP contribution in [0.1, 0.15) is 28.7 Å². The highest BCUT2D eigenvalue weighted by atomic mass is 16.5. The summed E-state index contributed by atoms with van der Waals surface area (Å²) in [5.74, 6) is 0.158. The van der Waals surface area contributed by atoms with Crippen LogP contribution < -0.4 is 0 Å². The normalized spacial score (nSPS) is 10.7. The molecule has 0 spiro atoms. The molecule has 0 amide bonds. The van der Waals surface area contributed by atoms with Crippen LogP contribution in [0.5, 0.6) is 0 Å². The third-order valence-electron chi connectivity index (χ3n) is 2.25. The molecule has 0 aliphatic rings. The van der Waals surface area contributed by atoms with Crippen LogP contribution in [0.25, 0.3) is 5.78 Å². The van der Waals surface area contributed by atoms with Gasteiger partial charge in [-0.05, 0) is 26.3 Å². The summed E-state index contributed by atoms with van der Waals surface area (Å²) in [4.78, 5) is 20.1. The van der Waals surface area contributed by atoms with E-state index in [0.717, 1.165) is 5.56 Å². The van der Waals surface area contributed by atoms with Crippen LogP contribution in [-0.2, 0) is 4.74 Å². The van der Waals surface area contributed by atoms with Gasteiger partial charge in [-0.1, -0.05) is 0 Å². The summed E-state index contributed by atoms with van der Waals surface area (Å²) < 4.78 is 6.66. The van der Waals surface area contributed by atoms with E-state index in [1.807, 2.05) is 13.1 Å². The summed E-state index contributed by atoms with van der Waals surface area (Å²) in [5.41, 5.74) is 2.06. The summed E-state index contributed by atoms with van der Waals surface area (Å²) >= 11 is 0. The topological polar surface area (TPSA) is 56.5 Å². The monoisotopic (exact) mass is 219 g/mol. The van der Waals surface area contributed by atoms with Gasteiger partial charge in [0.25, 0.3) is 0 Å².